The van der Waals surface area contributed by atoms with Gasteiger partial charge >= 0.3 is 0 Å². The Kier molecular flexibility index (Phi) is 5.56. The number of rotatable bonds is 7. The molecular weight excluding hydrogens is 206 g/mol. The number of H-pyrrole nitrogens is 1. The SMILES string of the molecule is CC(C)OCCCCNc1cn[nH]c(=O)c1. The second-order valence-electron chi connectivity index (χ2n) is 3.89. The third-order valence-electron chi connectivity index (χ3n) is 2.02. The Bertz CT molecular complexity index is 349. The molecule has 2 N–H and O–H groups in total. The van der Waals surface area contributed by atoms with E-state index in [1.807, 2.05) is 13.8 Å². The number of anilines is 1. The van der Waals surface area contributed by atoms with Crippen LogP contribution in [0.2, 0.25) is 0 Å². The van der Waals surface area contributed by atoms with Gasteiger partial charge in [-0.05, 0) is 26.7 Å². The predicted octanol–water partition coefficient (Wildman–Crippen LogP) is 1.39. The van der Waals surface area contributed by atoms with Crippen LogP contribution in [0.25, 0.3) is 0 Å². The first-order valence-electron chi connectivity index (χ1n) is 5.58. The number of nitrogens with one attached hydrogen (secondary N) is 2. The zero-order valence-electron chi connectivity index (χ0n) is 9.82. The van der Waals surface area contributed by atoms with E-state index < -0.39 is 0 Å². The molecule has 0 amide bonds. The lowest BCUT2D eigenvalue weighted by atomic mass is 10.3. The molecule has 1 heterocycles. The van der Waals surface area contributed by atoms with Crippen LogP contribution in [0.5, 0.6) is 0 Å². The molecule has 0 aliphatic heterocycles. The minimum atomic E-state index is -0.187. The smallest absolute Gasteiger partial charge is 0.266 e. The van der Waals surface area contributed by atoms with Gasteiger partial charge in [0.2, 0.25) is 0 Å². The summed E-state index contributed by atoms with van der Waals surface area (Å²) in [5.41, 5.74) is 0.571. The molecule has 0 spiro atoms. The number of aromatic amines is 1. The van der Waals surface area contributed by atoms with Crippen molar-refractivity contribution < 1.29 is 4.74 Å². The molecule has 5 nitrogen and oxygen atoms in total. The average Bonchev–Trinajstić information content (AvgIpc) is 2.23. The van der Waals surface area contributed by atoms with Crippen molar-refractivity contribution in [3.05, 3.63) is 22.6 Å². The molecular formula is C11H19N3O2. The lowest BCUT2D eigenvalue weighted by Gasteiger charge is -2.08. The third kappa shape index (κ3) is 5.50. The summed E-state index contributed by atoms with van der Waals surface area (Å²) in [7, 11) is 0. The summed E-state index contributed by atoms with van der Waals surface area (Å²) in [6, 6.07) is 1.50. The molecule has 0 saturated heterocycles. The first kappa shape index (κ1) is 12.7. The van der Waals surface area contributed by atoms with Crippen LogP contribution in [-0.4, -0.2) is 29.5 Å². The van der Waals surface area contributed by atoms with Gasteiger partial charge in [-0.25, -0.2) is 5.10 Å². The molecule has 0 radical (unpaired) electrons. The van der Waals surface area contributed by atoms with Gasteiger partial charge in [-0.1, -0.05) is 0 Å². The zero-order chi connectivity index (χ0) is 11.8. The number of hydrogen-bond acceptors (Lipinski definition) is 4. The Morgan fingerprint density at radius 3 is 3.00 bits per heavy atom. The Balaban J connectivity index is 2.09. The van der Waals surface area contributed by atoms with Gasteiger partial charge in [0.1, 0.15) is 0 Å². The topological polar surface area (TPSA) is 67.0 Å². The van der Waals surface area contributed by atoms with E-state index in [-0.39, 0.29) is 5.56 Å². The van der Waals surface area contributed by atoms with Crippen molar-refractivity contribution in [1.29, 1.82) is 0 Å². The quantitative estimate of drug-likeness (QED) is 0.688. The van der Waals surface area contributed by atoms with Crippen LogP contribution < -0.4 is 10.9 Å². The molecule has 1 rings (SSSR count). The van der Waals surface area contributed by atoms with Crippen LogP contribution >= 0.6 is 0 Å². The van der Waals surface area contributed by atoms with E-state index in [2.05, 4.69) is 15.5 Å². The highest BCUT2D eigenvalue weighted by Gasteiger charge is 1.95. The maximum atomic E-state index is 10.9. The fraction of sp³-hybridized carbons (Fsp3) is 0.636. The van der Waals surface area contributed by atoms with Crippen molar-refractivity contribution in [1.82, 2.24) is 10.2 Å². The van der Waals surface area contributed by atoms with Gasteiger partial charge in [0.25, 0.3) is 5.56 Å². The predicted molar refractivity (Wildman–Crippen MR) is 63.7 cm³/mol. The number of unbranched alkanes of at least 4 members (excludes halogenated alkanes) is 1. The Morgan fingerprint density at radius 1 is 1.50 bits per heavy atom. The minimum Gasteiger partial charge on any atom is -0.384 e. The van der Waals surface area contributed by atoms with Crippen molar-refractivity contribution in [2.24, 2.45) is 0 Å². The third-order valence-corrected chi connectivity index (χ3v) is 2.02. The van der Waals surface area contributed by atoms with E-state index in [1.54, 1.807) is 6.20 Å². The van der Waals surface area contributed by atoms with Gasteiger partial charge in [0.05, 0.1) is 18.0 Å². The molecule has 0 aromatic carbocycles. The van der Waals surface area contributed by atoms with E-state index in [0.29, 0.717) is 6.10 Å². The highest BCUT2D eigenvalue weighted by atomic mass is 16.5. The van der Waals surface area contributed by atoms with Crippen LogP contribution in [0.1, 0.15) is 26.7 Å². The fourth-order valence-electron chi connectivity index (χ4n) is 1.25. The van der Waals surface area contributed by atoms with E-state index in [4.69, 9.17) is 4.74 Å². The van der Waals surface area contributed by atoms with Crippen LogP contribution in [0.15, 0.2) is 17.1 Å². The van der Waals surface area contributed by atoms with Crippen molar-refractivity contribution >= 4 is 5.69 Å². The summed E-state index contributed by atoms with van der Waals surface area (Å²) in [4.78, 5) is 10.9. The summed E-state index contributed by atoms with van der Waals surface area (Å²) >= 11 is 0. The molecule has 16 heavy (non-hydrogen) atoms. The summed E-state index contributed by atoms with van der Waals surface area (Å²) in [5.74, 6) is 0. The maximum Gasteiger partial charge on any atom is 0.266 e. The lowest BCUT2D eigenvalue weighted by molar-refractivity contribution is 0.0765. The van der Waals surface area contributed by atoms with Gasteiger partial charge in [-0.2, -0.15) is 5.10 Å². The molecule has 0 aliphatic carbocycles. The molecule has 0 aliphatic rings. The molecule has 0 saturated carbocycles. The van der Waals surface area contributed by atoms with E-state index in [1.165, 1.54) is 6.07 Å². The maximum absolute atomic E-state index is 10.9. The summed E-state index contributed by atoms with van der Waals surface area (Å²) < 4.78 is 5.42. The molecule has 0 bridgehead atoms. The van der Waals surface area contributed by atoms with Crippen molar-refractivity contribution in [2.75, 3.05) is 18.5 Å². The van der Waals surface area contributed by atoms with Gasteiger partial charge in [0, 0.05) is 19.2 Å². The van der Waals surface area contributed by atoms with Crippen LogP contribution in [-0.2, 0) is 4.74 Å². The van der Waals surface area contributed by atoms with Crippen molar-refractivity contribution in [3.8, 4) is 0 Å². The van der Waals surface area contributed by atoms with Gasteiger partial charge in [0.15, 0.2) is 0 Å². The molecule has 90 valence electrons. The summed E-state index contributed by atoms with van der Waals surface area (Å²) in [6.07, 6.45) is 3.93. The average molecular weight is 225 g/mol. The fourth-order valence-corrected chi connectivity index (χ4v) is 1.25. The van der Waals surface area contributed by atoms with Gasteiger partial charge < -0.3 is 10.1 Å². The molecule has 0 atom stereocenters. The normalized spacial score (nSPS) is 10.7. The number of aromatic nitrogens is 2. The summed E-state index contributed by atoms with van der Waals surface area (Å²) in [6.45, 7) is 5.67. The highest BCUT2D eigenvalue weighted by molar-refractivity contribution is 5.38. The van der Waals surface area contributed by atoms with E-state index in [0.717, 1.165) is 31.7 Å². The van der Waals surface area contributed by atoms with Crippen molar-refractivity contribution in [3.63, 3.8) is 0 Å². The van der Waals surface area contributed by atoms with E-state index >= 15 is 0 Å². The second-order valence-corrected chi connectivity index (χ2v) is 3.89. The lowest BCUT2D eigenvalue weighted by Crippen LogP contribution is -2.10. The number of nitrogens with zero attached hydrogens (tertiary/aromatic N) is 1. The van der Waals surface area contributed by atoms with Crippen LogP contribution in [0.3, 0.4) is 0 Å². The molecule has 5 heteroatoms. The largest absolute Gasteiger partial charge is 0.384 e. The minimum absolute atomic E-state index is 0.187. The second kappa shape index (κ2) is 7.00. The Morgan fingerprint density at radius 2 is 2.31 bits per heavy atom. The highest BCUT2D eigenvalue weighted by Crippen LogP contribution is 2.00. The Hall–Kier alpha value is -1.36. The molecule has 1 aromatic heterocycles. The number of ether oxygens (including phenoxy) is 1. The summed E-state index contributed by atoms with van der Waals surface area (Å²) in [5, 5.41) is 9.16. The van der Waals surface area contributed by atoms with E-state index in [9.17, 15) is 4.79 Å². The van der Waals surface area contributed by atoms with Gasteiger partial charge in [-0.15, -0.1) is 0 Å². The van der Waals surface area contributed by atoms with Crippen LogP contribution in [0, 0.1) is 0 Å². The Labute approximate surface area is 95.2 Å². The van der Waals surface area contributed by atoms with Crippen molar-refractivity contribution in [2.45, 2.75) is 32.8 Å². The molecule has 0 unspecified atom stereocenters. The first-order chi connectivity index (χ1) is 7.68. The molecule has 1 aromatic rings. The standard InChI is InChI=1S/C11H19N3O2/c1-9(2)16-6-4-3-5-12-10-7-11(15)14-13-8-10/h7-9H,3-6H2,1-2H3,(H2,12,14,15). The van der Waals surface area contributed by atoms with Crippen LogP contribution in [0.4, 0.5) is 5.69 Å². The monoisotopic (exact) mass is 225 g/mol. The first-order valence-corrected chi connectivity index (χ1v) is 5.58. The zero-order valence-corrected chi connectivity index (χ0v) is 9.82. The van der Waals surface area contributed by atoms with Gasteiger partial charge in [-0.3, -0.25) is 4.79 Å². The number of hydrogen-bond donors (Lipinski definition) is 2. The molecule has 0 fully saturated rings.